The van der Waals surface area contributed by atoms with Crippen LogP contribution in [0.2, 0.25) is 0 Å². The van der Waals surface area contributed by atoms with Gasteiger partial charge in [0, 0.05) is 5.92 Å². The highest BCUT2D eigenvalue weighted by molar-refractivity contribution is 5.84. The maximum Gasteiger partial charge on any atom is 0.371 e. The number of hydrogen-bond donors (Lipinski definition) is 3. The van der Waals surface area contributed by atoms with E-state index in [1.165, 1.54) is 6.07 Å². The highest BCUT2D eigenvalue weighted by Crippen LogP contribution is 2.28. The van der Waals surface area contributed by atoms with Crippen LogP contribution in [0.25, 0.3) is 0 Å². The number of carbonyl (C=O) groups is 2. The number of nitrogens with two attached hydrogens (primary N) is 1. The van der Waals surface area contributed by atoms with Gasteiger partial charge in [-0.1, -0.05) is 0 Å². The molecule has 6 nitrogen and oxygen atoms in total. The van der Waals surface area contributed by atoms with E-state index in [-0.39, 0.29) is 24.1 Å². The summed E-state index contributed by atoms with van der Waals surface area (Å²) in [6.07, 6.45) is 3.73. The molecule has 1 aliphatic rings. The second kappa shape index (κ2) is 6.56. The summed E-state index contributed by atoms with van der Waals surface area (Å²) in [4.78, 5) is 22.7. The van der Waals surface area contributed by atoms with E-state index in [0.717, 1.165) is 25.7 Å². The Morgan fingerprint density at radius 1 is 1.30 bits per heavy atom. The first-order chi connectivity index (χ1) is 9.60. The molecule has 2 rings (SSSR count). The topological polar surface area (TPSA) is 106 Å². The molecule has 1 aromatic rings. The van der Waals surface area contributed by atoms with Gasteiger partial charge in [0.2, 0.25) is 11.7 Å². The maximum absolute atomic E-state index is 12.0. The van der Waals surface area contributed by atoms with Crippen molar-refractivity contribution in [2.24, 2.45) is 17.6 Å². The Kier molecular flexibility index (Phi) is 4.79. The van der Waals surface area contributed by atoms with Crippen LogP contribution in [0.4, 0.5) is 0 Å². The van der Waals surface area contributed by atoms with Gasteiger partial charge < -0.3 is 20.6 Å². The van der Waals surface area contributed by atoms with E-state index < -0.39 is 5.97 Å². The van der Waals surface area contributed by atoms with Crippen LogP contribution >= 0.6 is 0 Å². The number of nitrogens with one attached hydrogen (secondary N) is 1. The fraction of sp³-hybridized carbons (Fsp3) is 0.571. The summed E-state index contributed by atoms with van der Waals surface area (Å²) in [6, 6.07) is 2.95. The third-order valence-electron chi connectivity index (χ3n) is 3.86. The van der Waals surface area contributed by atoms with Crippen LogP contribution in [0.3, 0.4) is 0 Å². The lowest BCUT2D eigenvalue weighted by Gasteiger charge is -2.26. The molecule has 0 unspecified atom stereocenters. The largest absolute Gasteiger partial charge is 0.475 e. The van der Waals surface area contributed by atoms with Gasteiger partial charge in [-0.25, -0.2) is 4.79 Å². The molecule has 1 aromatic heterocycles. The van der Waals surface area contributed by atoms with Gasteiger partial charge in [-0.15, -0.1) is 0 Å². The van der Waals surface area contributed by atoms with Gasteiger partial charge in [0.15, 0.2) is 0 Å². The third kappa shape index (κ3) is 3.60. The number of furan rings is 1. The lowest BCUT2D eigenvalue weighted by atomic mass is 9.81. The summed E-state index contributed by atoms with van der Waals surface area (Å²) in [6.45, 7) is 0.918. The molecule has 0 saturated heterocycles. The van der Waals surface area contributed by atoms with Gasteiger partial charge >= 0.3 is 5.97 Å². The average Bonchev–Trinajstić information content (AvgIpc) is 2.94. The van der Waals surface area contributed by atoms with E-state index >= 15 is 0 Å². The molecule has 1 heterocycles. The van der Waals surface area contributed by atoms with Crippen molar-refractivity contribution < 1.29 is 19.1 Å². The molecule has 1 aliphatic carbocycles. The quantitative estimate of drug-likeness (QED) is 0.755. The molecule has 0 bridgehead atoms. The number of rotatable bonds is 5. The van der Waals surface area contributed by atoms with E-state index in [4.69, 9.17) is 15.3 Å². The van der Waals surface area contributed by atoms with Crippen molar-refractivity contribution in [3.8, 4) is 0 Å². The summed E-state index contributed by atoms with van der Waals surface area (Å²) in [7, 11) is 0. The molecular weight excluding hydrogens is 260 g/mol. The Morgan fingerprint density at radius 3 is 2.55 bits per heavy atom. The summed E-state index contributed by atoms with van der Waals surface area (Å²) in [5, 5.41) is 11.5. The fourth-order valence-electron chi connectivity index (χ4n) is 2.57. The molecule has 1 fully saturated rings. The lowest BCUT2D eigenvalue weighted by molar-refractivity contribution is -0.126. The molecule has 0 aromatic carbocycles. The zero-order chi connectivity index (χ0) is 14.5. The monoisotopic (exact) mass is 280 g/mol. The Balaban J connectivity index is 1.78. The van der Waals surface area contributed by atoms with Crippen molar-refractivity contribution in [2.75, 3.05) is 6.54 Å². The molecule has 1 saturated carbocycles. The van der Waals surface area contributed by atoms with Crippen LogP contribution in [0.5, 0.6) is 0 Å². The lowest BCUT2D eigenvalue weighted by Crippen LogP contribution is -2.33. The maximum atomic E-state index is 12.0. The molecule has 0 aliphatic heterocycles. The third-order valence-corrected chi connectivity index (χ3v) is 3.86. The van der Waals surface area contributed by atoms with Crippen molar-refractivity contribution in [3.63, 3.8) is 0 Å². The summed E-state index contributed by atoms with van der Waals surface area (Å²) in [5.74, 6) is -0.186. The zero-order valence-corrected chi connectivity index (χ0v) is 11.3. The molecule has 0 radical (unpaired) electrons. The van der Waals surface area contributed by atoms with Crippen molar-refractivity contribution in [1.29, 1.82) is 0 Å². The van der Waals surface area contributed by atoms with Crippen molar-refractivity contribution in [1.82, 2.24) is 5.32 Å². The molecular formula is C14H20N2O4. The van der Waals surface area contributed by atoms with E-state index in [0.29, 0.717) is 18.2 Å². The number of carbonyl (C=O) groups excluding carboxylic acids is 1. The van der Waals surface area contributed by atoms with Crippen LogP contribution in [0, 0.1) is 11.8 Å². The highest BCUT2D eigenvalue weighted by Gasteiger charge is 2.25. The van der Waals surface area contributed by atoms with Gasteiger partial charge in [0.05, 0.1) is 6.54 Å². The van der Waals surface area contributed by atoms with Crippen molar-refractivity contribution in [2.45, 2.75) is 32.2 Å². The predicted octanol–water partition coefficient (Wildman–Crippen LogP) is 1.36. The summed E-state index contributed by atoms with van der Waals surface area (Å²) in [5.41, 5.74) is 5.63. The van der Waals surface area contributed by atoms with Crippen molar-refractivity contribution in [3.05, 3.63) is 23.7 Å². The Bertz CT molecular complexity index is 475. The highest BCUT2D eigenvalue weighted by atomic mass is 16.4. The first-order valence-electron chi connectivity index (χ1n) is 6.90. The minimum absolute atomic E-state index is 0.00810. The second-order valence-electron chi connectivity index (χ2n) is 5.24. The predicted molar refractivity (Wildman–Crippen MR) is 72.0 cm³/mol. The molecule has 0 atom stereocenters. The Labute approximate surface area is 117 Å². The molecule has 1 amide bonds. The minimum Gasteiger partial charge on any atom is -0.475 e. The average molecular weight is 280 g/mol. The number of carboxylic acid groups (broad SMARTS) is 1. The number of carboxylic acids is 1. The Hall–Kier alpha value is -1.82. The Morgan fingerprint density at radius 2 is 2.00 bits per heavy atom. The molecule has 6 heteroatoms. The fourth-order valence-corrected chi connectivity index (χ4v) is 2.57. The van der Waals surface area contributed by atoms with Crippen LogP contribution in [0.15, 0.2) is 16.5 Å². The number of amides is 1. The van der Waals surface area contributed by atoms with Crippen LogP contribution in [-0.2, 0) is 11.3 Å². The van der Waals surface area contributed by atoms with E-state index in [1.54, 1.807) is 6.07 Å². The minimum atomic E-state index is -1.11. The molecule has 110 valence electrons. The number of aromatic carboxylic acids is 1. The number of hydrogen-bond acceptors (Lipinski definition) is 4. The van der Waals surface area contributed by atoms with Gasteiger partial charge in [0.25, 0.3) is 0 Å². The van der Waals surface area contributed by atoms with Crippen LogP contribution < -0.4 is 11.1 Å². The van der Waals surface area contributed by atoms with E-state index in [2.05, 4.69) is 5.32 Å². The second-order valence-corrected chi connectivity index (χ2v) is 5.24. The smallest absolute Gasteiger partial charge is 0.371 e. The first kappa shape index (κ1) is 14.6. The first-order valence-corrected chi connectivity index (χ1v) is 6.90. The normalized spacial score (nSPS) is 22.4. The standard InChI is InChI=1S/C14H20N2O4/c15-7-9-1-3-10(4-2-9)13(17)16-8-11-5-6-12(20-11)14(18)19/h5-6,9-10H,1-4,7-8,15H2,(H,16,17)(H,18,19). The van der Waals surface area contributed by atoms with E-state index in [9.17, 15) is 9.59 Å². The van der Waals surface area contributed by atoms with Gasteiger partial charge in [-0.3, -0.25) is 4.79 Å². The van der Waals surface area contributed by atoms with E-state index in [1.807, 2.05) is 0 Å². The van der Waals surface area contributed by atoms with Crippen molar-refractivity contribution >= 4 is 11.9 Å². The van der Waals surface area contributed by atoms with Gasteiger partial charge in [-0.05, 0) is 50.3 Å². The zero-order valence-electron chi connectivity index (χ0n) is 11.3. The molecule has 0 spiro atoms. The summed E-state index contributed by atoms with van der Waals surface area (Å²) >= 11 is 0. The van der Waals surface area contributed by atoms with Crippen LogP contribution in [-0.4, -0.2) is 23.5 Å². The van der Waals surface area contributed by atoms with Crippen LogP contribution in [0.1, 0.15) is 42.0 Å². The van der Waals surface area contributed by atoms with Gasteiger partial charge in [-0.2, -0.15) is 0 Å². The summed E-state index contributed by atoms with van der Waals surface area (Å²) < 4.78 is 5.09. The van der Waals surface area contributed by atoms with Gasteiger partial charge in [0.1, 0.15) is 5.76 Å². The molecule has 20 heavy (non-hydrogen) atoms. The molecule has 4 N–H and O–H groups in total. The SMILES string of the molecule is NCC1CCC(C(=O)NCc2ccc(C(=O)O)o2)CC1.